The first-order chi connectivity index (χ1) is 7.81. The van der Waals surface area contributed by atoms with E-state index in [1.165, 1.54) is 19.3 Å². The minimum absolute atomic E-state index is 0.305. The minimum Gasteiger partial charge on any atom is -0.373 e. The zero-order valence-corrected chi connectivity index (χ0v) is 11.1. The first-order valence-electron chi connectivity index (χ1n) is 4.84. The number of hydrogen-bond donors (Lipinski definition) is 2. The molecule has 0 aromatic carbocycles. The smallest absolute Gasteiger partial charge is 0.231 e. The molecule has 6 nitrogen and oxygen atoms in total. The van der Waals surface area contributed by atoms with Crippen LogP contribution < -0.4 is 5.32 Å². The van der Waals surface area contributed by atoms with Gasteiger partial charge in [0.05, 0.1) is 6.26 Å². The van der Waals surface area contributed by atoms with E-state index in [1.54, 1.807) is 13.1 Å². The molecule has 0 aliphatic heterocycles. The zero-order chi connectivity index (χ0) is 13.5. The quantitative estimate of drug-likeness (QED) is 0.654. The van der Waals surface area contributed by atoms with Crippen molar-refractivity contribution in [3.05, 3.63) is 24.2 Å². The van der Waals surface area contributed by atoms with Gasteiger partial charge >= 0.3 is 0 Å². The van der Waals surface area contributed by atoms with Gasteiger partial charge in [-0.2, -0.15) is 0 Å². The van der Waals surface area contributed by atoms with E-state index in [-0.39, 0.29) is 0 Å². The minimum atomic E-state index is -3.21. The second-order valence-electron chi connectivity index (χ2n) is 3.33. The molecule has 0 aliphatic carbocycles. The zero-order valence-electron chi connectivity index (χ0n) is 10.3. The molecule has 96 valence electrons. The Morgan fingerprint density at radius 1 is 1.59 bits per heavy atom. The van der Waals surface area contributed by atoms with Crippen LogP contribution in [0.5, 0.6) is 0 Å². The number of nitrogens with zero attached hydrogens (tertiary/aromatic N) is 2. The van der Waals surface area contributed by atoms with Gasteiger partial charge in [0, 0.05) is 38.5 Å². The van der Waals surface area contributed by atoms with E-state index in [0.29, 0.717) is 18.0 Å². The Morgan fingerprint density at radius 2 is 2.18 bits per heavy atom. The molecule has 0 amide bonds. The number of rotatable bonds is 7. The average Bonchev–Trinajstić information content (AvgIpc) is 2.24. The van der Waals surface area contributed by atoms with E-state index in [4.69, 9.17) is 5.41 Å². The lowest BCUT2D eigenvalue weighted by Gasteiger charge is -2.09. The van der Waals surface area contributed by atoms with Gasteiger partial charge in [-0.15, -0.1) is 0 Å². The van der Waals surface area contributed by atoms with Gasteiger partial charge in [-0.05, 0) is 6.72 Å². The summed E-state index contributed by atoms with van der Waals surface area (Å²) in [6.07, 6.45) is 5.97. The van der Waals surface area contributed by atoms with Crippen molar-refractivity contribution in [2.45, 2.75) is 6.42 Å². The van der Waals surface area contributed by atoms with Crippen LogP contribution in [-0.4, -0.2) is 45.5 Å². The van der Waals surface area contributed by atoms with E-state index < -0.39 is 10.0 Å². The Morgan fingerprint density at radius 3 is 2.59 bits per heavy atom. The fraction of sp³-hybridized carbons (Fsp3) is 0.400. The molecule has 2 N–H and O–H groups in total. The van der Waals surface area contributed by atoms with Crippen molar-refractivity contribution in [2.24, 2.45) is 4.99 Å². The molecule has 0 saturated carbocycles. The number of nitrogens with one attached hydrogen (secondary N) is 2. The molecule has 17 heavy (non-hydrogen) atoms. The third-order valence-corrected chi connectivity index (χ3v) is 3.08. The second-order valence-corrected chi connectivity index (χ2v) is 5.37. The predicted octanol–water partition coefficient (Wildman–Crippen LogP) is 0.563. The number of aliphatic imine (C=N–C) groups is 1. The Kier molecular flexibility index (Phi) is 6.19. The molecule has 0 radical (unpaired) electrons. The van der Waals surface area contributed by atoms with Crippen LogP contribution in [-0.2, 0) is 10.0 Å². The van der Waals surface area contributed by atoms with Crippen molar-refractivity contribution in [2.75, 3.05) is 20.4 Å². The lowest BCUT2D eigenvalue weighted by atomic mass is 10.2. The molecule has 7 heteroatoms. The molecule has 0 saturated heterocycles. The third kappa shape index (κ3) is 6.52. The molecule has 0 bridgehead atoms. The summed E-state index contributed by atoms with van der Waals surface area (Å²) in [6, 6.07) is 0. The lowest BCUT2D eigenvalue weighted by molar-refractivity contribution is 0.545. The monoisotopic (exact) mass is 258 g/mol. The highest BCUT2D eigenvalue weighted by molar-refractivity contribution is 7.88. The molecule has 0 aromatic rings. The molecule has 0 aliphatic rings. The van der Waals surface area contributed by atoms with Crippen LogP contribution in [0, 0.1) is 5.41 Å². The molecule has 0 fully saturated rings. The van der Waals surface area contributed by atoms with E-state index >= 15 is 0 Å². The fourth-order valence-electron chi connectivity index (χ4n) is 0.859. The Hall–Kier alpha value is -1.63. The van der Waals surface area contributed by atoms with Crippen LogP contribution in [0.4, 0.5) is 0 Å². The predicted molar refractivity (Wildman–Crippen MR) is 70.8 cm³/mol. The highest BCUT2D eigenvalue weighted by Crippen LogP contribution is 1.98. The highest BCUT2D eigenvalue weighted by Gasteiger charge is 2.04. The summed E-state index contributed by atoms with van der Waals surface area (Å²) >= 11 is 0. The van der Waals surface area contributed by atoms with Gasteiger partial charge < -0.3 is 10.7 Å². The van der Waals surface area contributed by atoms with Crippen LogP contribution in [0.2, 0.25) is 0 Å². The molecule has 0 aromatic heterocycles. The average molecular weight is 258 g/mol. The van der Waals surface area contributed by atoms with Crippen LogP contribution in [0.25, 0.3) is 0 Å². The highest BCUT2D eigenvalue weighted by atomic mass is 32.2. The van der Waals surface area contributed by atoms with Gasteiger partial charge in [0.2, 0.25) is 10.0 Å². The van der Waals surface area contributed by atoms with Gasteiger partial charge in [-0.3, -0.25) is 4.31 Å². The van der Waals surface area contributed by atoms with E-state index in [1.807, 2.05) is 0 Å². The molecular weight excluding hydrogens is 240 g/mol. The second kappa shape index (κ2) is 6.85. The summed E-state index contributed by atoms with van der Waals surface area (Å²) in [7, 11) is -0.0917. The molecule has 0 unspecified atom stereocenters. The number of allylic oxidation sites excluding steroid dienone is 2. The van der Waals surface area contributed by atoms with Crippen molar-refractivity contribution in [1.29, 1.82) is 5.41 Å². The Labute approximate surface area is 102 Å². The summed E-state index contributed by atoms with van der Waals surface area (Å²) < 4.78 is 23.2. The molecular formula is C10H18N4O2S. The number of hydrogen-bond acceptors (Lipinski definition) is 5. The summed E-state index contributed by atoms with van der Waals surface area (Å²) in [6.45, 7) is 3.34. The maximum atomic E-state index is 11.1. The van der Waals surface area contributed by atoms with Crippen molar-refractivity contribution in [3.8, 4) is 0 Å². The number of sulfonamides is 1. The molecule has 0 spiro atoms. The molecule has 0 rings (SSSR count). The van der Waals surface area contributed by atoms with Crippen LogP contribution in [0.3, 0.4) is 0 Å². The first kappa shape index (κ1) is 15.4. The van der Waals surface area contributed by atoms with Crippen molar-refractivity contribution < 1.29 is 8.42 Å². The van der Waals surface area contributed by atoms with E-state index in [2.05, 4.69) is 17.0 Å². The van der Waals surface area contributed by atoms with Crippen LogP contribution >= 0.6 is 0 Å². The summed E-state index contributed by atoms with van der Waals surface area (Å²) in [5.74, 6) is 0.500. The lowest BCUT2D eigenvalue weighted by Crippen LogP contribution is -2.19. The maximum Gasteiger partial charge on any atom is 0.231 e. The van der Waals surface area contributed by atoms with Crippen LogP contribution in [0.15, 0.2) is 29.2 Å². The van der Waals surface area contributed by atoms with E-state index in [0.717, 1.165) is 10.6 Å². The standard InChI is InChI=1S/C10H18N4O2S/c1-12-10(13-2)8-9(11)6-5-7-14(3)17(4,15)16/h5,7-8,11,13H,1,6H2,2-4H3/b7-5-,10-8+,11-9?. The largest absolute Gasteiger partial charge is 0.373 e. The topological polar surface area (TPSA) is 85.6 Å². The SMILES string of the molecule is C=N/C(=C\C(=N)C/C=C\N(C)S(C)(=O)=O)NC. The van der Waals surface area contributed by atoms with Crippen LogP contribution in [0.1, 0.15) is 6.42 Å². The third-order valence-electron chi connectivity index (χ3n) is 1.91. The van der Waals surface area contributed by atoms with Gasteiger partial charge in [0.15, 0.2) is 0 Å². The molecule has 0 heterocycles. The summed E-state index contributed by atoms with van der Waals surface area (Å²) in [5, 5.41) is 10.4. The normalized spacial score (nSPS) is 12.5. The fourth-order valence-corrected chi connectivity index (χ4v) is 1.17. The molecule has 0 atom stereocenters. The summed E-state index contributed by atoms with van der Waals surface area (Å²) in [5.41, 5.74) is 0.305. The van der Waals surface area contributed by atoms with Crippen molar-refractivity contribution in [1.82, 2.24) is 9.62 Å². The van der Waals surface area contributed by atoms with Gasteiger partial charge in [0.25, 0.3) is 0 Å². The van der Waals surface area contributed by atoms with Crippen molar-refractivity contribution in [3.63, 3.8) is 0 Å². The maximum absolute atomic E-state index is 11.1. The van der Waals surface area contributed by atoms with Crippen molar-refractivity contribution >= 4 is 22.5 Å². The van der Waals surface area contributed by atoms with Gasteiger partial charge in [0.1, 0.15) is 5.82 Å². The van der Waals surface area contributed by atoms with Gasteiger partial charge in [-0.25, -0.2) is 13.4 Å². The Balaban J connectivity index is 4.40. The first-order valence-corrected chi connectivity index (χ1v) is 6.69. The van der Waals surface area contributed by atoms with E-state index in [9.17, 15) is 8.42 Å². The van der Waals surface area contributed by atoms with Gasteiger partial charge in [-0.1, -0.05) is 6.08 Å². The summed E-state index contributed by atoms with van der Waals surface area (Å²) in [4.78, 5) is 3.66. The Bertz CT molecular complexity index is 437.